The van der Waals surface area contributed by atoms with Crippen molar-refractivity contribution < 1.29 is 4.74 Å². The lowest BCUT2D eigenvalue weighted by atomic mass is 9.99. The summed E-state index contributed by atoms with van der Waals surface area (Å²) in [6.45, 7) is 7.73. The second-order valence-electron chi connectivity index (χ2n) is 6.55. The highest BCUT2D eigenvalue weighted by Crippen LogP contribution is 2.15. The number of ether oxygens (including phenoxy) is 1. The lowest BCUT2D eigenvalue weighted by molar-refractivity contribution is 0.214. The van der Waals surface area contributed by atoms with E-state index in [2.05, 4.69) is 36.1 Å². The second kappa shape index (κ2) is 12.4. The number of nitrogens with zero attached hydrogens (tertiary/aromatic N) is 3. The fourth-order valence-corrected chi connectivity index (χ4v) is 3.03. The zero-order chi connectivity index (χ0) is 17.2. The standard InChI is InChI=1S/C19H32N4O.HI/c1-4-20-19(21-15-17-9-8-12-22(2)16-17)23(3)13-14-24-18-10-6-5-7-11-18;/h5-7,10-11,17H,4,8-9,12-16H2,1-3H3,(H,20,21);1H. The van der Waals surface area contributed by atoms with Crippen LogP contribution < -0.4 is 10.1 Å². The number of benzene rings is 1. The molecule has 1 unspecified atom stereocenters. The van der Waals surface area contributed by atoms with Crippen LogP contribution >= 0.6 is 24.0 Å². The smallest absolute Gasteiger partial charge is 0.193 e. The van der Waals surface area contributed by atoms with Gasteiger partial charge in [-0.1, -0.05) is 18.2 Å². The third-order valence-corrected chi connectivity index (χ3v) is 4.36. The molecule has 0 spiro atoms. The topological polar surface area (TPSA) is 40.1 Å². The van der Waals surface area contributed by atoms with E-state index in [1.807, 2.05) is 30.3 Å². The molecule has 1 aliphatic heterocycles. The molecule has 1 N–H and O–H groups in total. The highest BCUT2D eigenvalue weighted by Gasteiger charge is 2.17. The van der Waals surface area contributed by atoms with Gasteiger partial charge in [0.25, 0.3) is 0 Å². The predicted molar refractivity (Wildman–Crippen MR) is 116 cm³/mol. The van der Waals surface area contributed by atoms with E-state index >= 15 is 0 Å². The van der Waals surface area contributed by atoms with Gasteiger partial charge in [0, 0.05) is 26.7 Å². The monoisotopic (exact) mass is 460 g/mol. The minimum Gasteiger partial charge on any atom is -0.492 e. The normalized spacial score (nSPS) is 18.4. The Kier molecular flexibility index (Phi) is 10.9. The molecule has 5 nitrogen and oxygen atoms in total. The van der Waals surface area contributed by atoms with E-state index in [0.717, 1.165) is 37.9 Å². The molecule has 0 amide bonds. The predicted octanol–water partition coefficient (Wildman–Crippen LogP) is 2.92. The first kappa shape index (κ1) is 22.0. The van der Waals surface area contributed by atoms with Gasteiger partial charge in [0.05, 0.1) is 6.54 Å². The van der Waals surface area contributed by atoms with Gasteiger partial charge in [-0.05, 0) is 51.4 Å². The Morgan fingerprint density at radius 3 is 2.80 bits per heavy atom. The van der Waals surface area contributed by atoms with Gasteiger partial charge < -0.3 is 19.9 Å². The Hall–Kier alpha value is -1.02. The van der Waals surface area contributed by atoms with Gasteiger partial charge in [0.15, 0.2) is 5.96 Å². The van der Waals surface area contributed by atoms with Gasteiger partial charge >= 0.3 is 0 Å². The molecule has 1 saturated heterocycles. The third-order valence-electron chi connectivity index (χ3n) is 4.36. The molecular formula is C19H33IN4O. The van der Waals surface area contributed by atoms with Crippen LogP contribution in [-0.4, -0.2) is 69.2 Å². The Bertz CT molecular complexity index is 497. The number of para-hydroxylation sites is 1. The van der Waals surface area contributed by atoms with Crippen molar-refractivity contribution in [2.24, 2.45) is 10.9 Å². The zero-order valence-electron chi connectivity index (χ0n) is 15.8. The molecule has 0 aliphatic carbocycles. The molecule has 1 fully saturated rings. The summed E-state index contributed by atoms with van der Waals surface area (Å²) >= 11 is 0. The SMILES string of the molecule is CCNC(=NCC1CCCN(C)C1)N(C)CCOc1ccccc1.I. The van der Waals surface area contributed by atoms with Gasteiger partial charge in [-0.3, -0.25) is 4.99 Å². The summed E-state index contributed by atoms with van der Waals surface area (Å²) in [6, 6.07) is 9.95. The highest BCUT2D eigenvalue weighted by molar-refractivity contribution is 14.0. The van der Waals surface area contributed by atoms with Crippen molar-refractivity contribution in [2.45, 2.75) is 19.8 Å². The Morgan fingerprint density at radius 1 is 1.36 bits per heavy atom. The van der Waals surface area contributed by atoms with Crippen LogP contribution in [0.25, 0.3) is 0 Å². The summed E-state index contributed by atoms with van der Waals surface area (Å²) in [6.07, 6.45) is 2.57. The number of nitrogens with one attached hydrogen (secondary N) is 1. The minimum absolute atomic E-state index is 0. The average molecular weight is 460 g/mol. The molecular weight excluding hydrogens is 427 g/mol. The maximum Gasteiger partial charge on any atom is 0.193 e. The van der Waals surface area contributed by atoms with Crippen LogP contribution in [0.2, 0.25) is 0 Å². The van der Waals surface area contributed by atoms with Crippen LogP contribution in [-0.2, 0) is 0 Å². The molecule has 1 heterocycles. The highest BCUT2D eigenvalue weighted by atomic mass is 127. The Labute approximate surface area is 169 Å². The van der Waals surface area contributed by atoms with E-state index in [0.29, 0.717) is 12.5 Å². The molecule has 0 saturated carbocycles. The quantitative estimate of drug-likeness (QED) is 0.386. The van der Waals surface area contributed by atoms with E-state index in [-0.39, 0.29) is 24.0 Å². The van der Waals surface area contributed by atoms with Crippen molar-refractivity contribution in [2.75, 3.05) is 53.4 Å². The van der Waals surface area contributed by atoms with E-state index in [1.165, 1.54) is 19.4 Å². The molecule has 6 heteroatoms. The number of halogens is 1. The number of rotatable bonds is 7. The molecule has 0 aromatic heterocycles. The van der Waals surface area contributed by atoms with Crippen molar-refractivity contribution in [3.05, 3.63) is 30.3 Å². The molecule has 1 aromatic carbocycles. The lowest BCUT2D eigenvalue weighted by Gasteiger charge is -2.29. The van der Waals surface area contributed by atoms with Crippen LogP contribution in [0.1, 0.15) is 19.8 Å². The van der Waals surface area contributed by atoms with Crippen LogP contribution in [0.3, 0.4) is 0 Å². The summed E-state index contributed by atoms with van der Waals surface area (Å²) < 4.78 is 5.78. The molecule has 142 valence electrons. The van der Waals surface area contributed by atoms with Gasteiger partial charge in [0.2, 0.25) is 0 Å². The largest absolute Gasteiger partial charge is 0.492 e. The van der Waals surface area contributed by atoms with E-state index in [1.54, 1.807) is 0 Å². The molecule has 25 heavy (non-hydrogen) atoms. The Balaban J connectivity index is 0.00000312. The number of hydrogen-bond acceptors (Lipinski definition) is 3. The van der Waals surface area contributed by atoms with Gasteiger partial charge in [-0.15, -0.1) is 24.0 Å². The van der Waals surface area contributed by atoms with Crippen LogP contribution in [0, 0.1) is 5.92 Å². The van der Waals surface area contributed by atoms with Crippen molar-refractivity contribution >= 4 is 29.9 Å². The second-order valence-corrected chi connectivity index (χ2v) is 6.55. The van der Waals surface area contributed by atoms with Crippen molar-refractivity contribution in [1.29, 1.82) is 0 Å². The minimum atomic E-state index is 0. The lowest BCUT2D eigenvalue weighted by Crippen LogP contribution is -2.41. The maximum absolute atomic E-state index is 5.78. The van der Waals surface area contributed by atoms with Crippen molar-refractivity contribution in [3.8, 4) is 5.75 Å². The van der Waals surface area contributed by atoms with Gasteiger partial charge in [-0.25, -0.2) is 0 Å². The number of hydrogen-bond donors (Lipinski definition) is 1. The number of likely N-dealkylation sites (tertiary alicyclic amines) is 1. The van der Waals surface area contributed by atoms with Gasteiger partial charge in [-0.2, -0.15) is 0 Å². The zero-order valence-corrected chi connectivity index (χ0v) is 18.1. The Morgan fingerprint density at radius 2 is 2.12 bits per heavy atom. The fourth-order valence-electron chi connectivity index (χ4n) is 3.03. The van der Waals surface area contributed by atoms with E-state index in [9.17, 15) is 0 Å². The van der Waals surface area contributed by atoms with E-state index < -0.39 is 0 Å². The maximum atomic E-state index is 5.78. The molecule has 0 radical (unpaired) electrons. The van der Waals surface area contributed by atoms with Crippen LogP contribution in [0.4, 0.5) is 0 Å². The summed E-state index contributed by atoms with van der Waals surface area (Å²) in [4.78, 5) is 9.41. The number of guanidine groups is 1. The number of aliphatic imine (C=N–C) groups is 1. The molecule has 0 bridgehead atoms. The van der Waals surface area contributed by atoms with Crippen molar-refractivity contribution in [1.82, 2.24) is 15.1 Å². The average Bonchev–Trinajstić information content (AvgIpc) is 2.59. The molecule has 1 aromatic rings. The first-order valence-corrected chi connectivity index (χ1v) is 9.05. The van der Waals surface area contributed by atoms with Gasteiger partial charge in [0.1, 0.15) is 12.4 Å². The first-order valence-electron chi connectivity index (χ1n) is 9.05. The van der Waals surface area contributed by atoms with Crippen molar-refractivity contribution in [3.63, 3.8) is 0 Å². The molecule has 1 aliphatic rings. The first-order chi connectivity index (χ1) is 11.7. The fraction of sp³-hybridized carbons (Fsp3) is 0.632. The summed E-state index contributed by atoms with van der Waals surface area (Å²) in [5.74, 6) is 2.56. The summed E-state index contributed by atoms with van der Waals surface area (Å²) in [5.41, 5.74) is 0. The van der Waals surface area contributed by atoms with Crippen LogP contribution in [0.15, 0.2) is 35.3 Å². The number of piperidine rings is 1. The van der Waals surface area contributed by atoms with E-state index in [4.69, 9.17) is 9.73 Å². The number of likely N-dealkylation sites (N-methyl/N-ethyl adjacent to an activating group) is 1. The summed E-state index contributed by atoms with van der Waals surface area (Å²) in [5, 5.41) is 3.39. The summed E-state index contributed by atoms with van der Waals surface area (Å²) in [7, 11) is 4.27. The van der Waals surface area contributed by atoms with Crippen LogP contribution in [0.5, 0.6) is 5.75 Å². The third kappa shape index (κ3) is 8.27. The molecule has 2 rings (SSSR count). The molecule has 1 atom stereocenters.